The van der Waals surface area contributed by atoms with Crippen LogP contribution in [-0.2, 0) is 9.59 Å². The fourth-order valence-corrected chi connectivity index (χ4v) is 3.15. The second-order valence-electron chi connectivity index (χ2n) is 7.32. The topological polar surface area (TPSA) is 61.4 Å². The third-order valence-electron chi connectivity index (χ3n) is 5.41. The first-order valence-electron chi connectivity index (χ1n) is 8.68. The summed E-state index contributed by atoms with van der Waals surface area (Å²) in [5.74, 6) is 1.24. The third-order valence-corrected chi connectivity index (χ3v) is 5.41. The molecule has 0 unspecified atom stereocenters. The maximum Gasteiger partial charge on any atom is 0.237 e. The van der Waals surface area contributed by atoms with Gasteiger partial charge in [0.15, 0.2) is 0 Å². The summed E-state index contributed by atoms with van der Waals surface area (Å²) in [5, 5.41) is 6.15. The average molecular weight is 309 g/mol. The molecule has 0 aromatic rings. The highest BCUT2D eigenvalue weighted by Gasteiger charge is 2.30. The van der Waals surface area contributed by atoms with E-state index in [1.165, 1.54) is 12.8 Å². The number of hydrogen-bond donors (Lipinski definition) is 2. The van der Waals surface area contributed by atoms with Crippen LogP contribution in [0.2, 0.25) is 0 Å². The first-order valence-corrected chi connectivity index (χ1v) is 8.68. The molecule has 126 valence electrons. The Balaban J connectivity index is 1.78. The summed E-state index contributed by atoms with van der Waals surface area (Å²) in [6.45, 7) is 6.64. The predicted octanol–water partition coefficient (Wildman–Crippen LogP) is 1.53. The second-order valence-corrected chi connectivity index (χ2v) is 7.32. The van der Waals surface area contributed by atoms with Crippen LogP contribution in [0.25, 0.3) is 0 Å². The van der Waals surface area contributed by atoms with Crippen molar-refractivity contribution in [2.45, 2.75) is 71.0 Å². The van der Waals surface area contributed by atoms with E-state index >= 15 is 0 Å². The van der Waals surface area contributed by atoms with Crippen molar-refractivity contribution >= 4 is 11.8 Å². The summed E-state index contributed by atoms with van der Waals surface area (Å²) in [7, 11) is 1.84. The van der Waals surface area contributed by atoms with Crippen molar-refractivity contribution in [2.24, 2.45) is 11.8 Å². The molecule has 0 aromatic heterocycles. The molecule has 0 radical (unpaired) electrons. The molecular formula is C17H31N3O2. The number of carbonyl (C=O) groups excluding carboxylic acids is 2. The van der Waals surface area contributed by atoms with Crippen LogP contribution < -0.4 is 10.6 Å². The molecule has 2 aliphatic carbocycles. The Morgan fingerprint density at radius 1 is 1.14 bits per heavy atom. The fourth-order valence-electron chi connectivity index (χ4n) is 3.15. The molecule has 2 saturated carbocycles. The summed E-state index contributed by atoms with van der Waals surface area (Å²) in [4.78, 5) is 26.1. The first-order chi connectivity index (χ1) is 10.4. The number of nitrogens with one attached hydrogen (secondary N) is 2. The largest absolute Gasteiger partial charge is 0.352 e. The lowest BCUT2D eigenvalue weighted by atomic mass is 9.78. The zero-order valence-electron chi connectivity index (χ0n) is 14.4. The summed E-state index contributed by atoms with van der Waals surface area (Å²) < 4.78 is 0. The standard InChI is InChI=1S/C17H31N3O2/c1-11-6-5-7-15(12(11)2)19-17(22)13(3)20(4)10-16(21)18-14-8-9-14/h11-15H,5-10H2,1-4H3,(H,18,21)(H,19,22)/t11-,12-,13-,15-/m1/s1. The van der Waals surface area contributed by atoms with E-state index < -0.39 is 0 Å². The Hall–Kier alpha value is -1.10. The summed E-state index contributed by atoms with van der Waals surface area (Å²) >= 11 is 0. The molecule has 0 aromatic carbocycles. The first kappa shape index (κ1) is 17.3. The van der Waals surface area contributed by atoms with Crippen LogP contribution in [0, 0.1) is 11.8 Å². The molecule has 5 heteroatoms. The van der Waals surface area contributed by atoms with Gasteiger partial charge in [0.25, 0.3) is 0 Å². The average Bonchev–Trinajstić information content (AvgIpc) is 3.26. The number of hydrogen-bond acceptors (Lipinski definition) is 3. The Labute approximate surface area is 134 Å². The van der Waals surface area contributed by atoms with Gasteiger partial charge in [-0.05, 0) is 45.1 Å². The number of likely N-dealkylation sites (N-methyl/N-ethyl adjacent to an activating group) is 1. The highest BCUT2D eigenvalue weighted by Crippen LogP contribution is 2.29. The van der Waals surface area contributed by atoms with Crippen LogP contribution in [0.3, 0.4) is 0 Å². The molecule has 4 atom stereocenters. The van der Waals surface area contributed by atoms with E-state index in [0.29, 0.717) is 17.9 Å². The van der Waals surface area contributed by atoms with Crippen molar-refractivity contribution in [3.8, 4) is 0 Å². The van der Waals surface area contributed by atoms with Gasteiger partial charge in [-0.2, -0.15) is 0 Å². The lowest BCUT2D eigenvalue weighted by Crippen LogP contribution is -2.52. The zero-order chi connectivity index (χ0) is 16.3. The minimum absolute atomic E-state index is 0.0179. The van der Waals surface area contributed by atoms with Gasteiger partial charge in [-0.1, -0.05) is 26.7 Å². The molecule has 0 bridgehead atoms. The maximum absolute atomic E-state index is 12.4. The lowest BCUT2D eigenvalue weighted by molar-refractivity contribution is -0.128. The normalized spacial score (nSPS) is 30.0. The molecule has 2 fully saturated rings. The SMILES string of the molecule is C[C@@H]1[C@H](C)CCC[C@H]1NC(=O)[C@@H](C)N(C)CC(=O)NC1CC1. The monoisotopic (exact) mass is 309 g/mol. The minimum atomic E-state index is -0.283. The second kappa shape index (κ2) is 7.44. The number of carbonyl (C=O) groups is 2. The lowest BCUT2D eigenvalue weighted by Gasteiger charge is -2.36. The summed E-state index contributed by atoms with van der Waals surface area (Å²) in [5.41, 5.74) is 0. The zero-order valence-corrected chi connectivity index (χ0v) is 14.4. The molecule has 2 amide bonds. The molecular weight excluding hydrogens is 278 g/mol. The van der Waals surface area contributed by atoms with Crippen molar-refractivity contribution in [1.82, 2.24) is 15.5 Å². The van der Waals surface area contributed by atoms with E-state index in [0.717, 1.165) is 19.3 Å². The Bertz CT molecular complexity index is 409. The van der Waals surface area contributed by atoms with E-state index in [1.807, 2.05) is 18.9 Å². The number of nitrogens with zero attached hydrogens (tertiary/aromatic N) is 1. The van der Waals surface area contributed by atoms with Gasteiger partial charge in [0.2, 0.25) is 11.8 Å². The molecule has 22 heavy (non-hydrogen) atoms. The molecule has 0 heterocycles. The van der Waals surface area contributed by atoms with E-state index in [2.05, 4.69) is 24.5 Å². The predicted molar refractivity (Wildman–Crippen MR) is 87.4 cm³/mol. The molecule has 2 N–H and O–H groups in total. The summed E-state index contributed by atoms with van der Waals surface area (Å²) in [6.07, 6.45) is 5.68. The van der Waals surface area contributed by atoms with E-state index in [-0.39, 0.29) is 30.4 Å². The highest BCUT2D eigenvalue weighted by atomic mass is 16.2. The van der Waals surface area contributed by atoms with Crippen LogP contribution in [0.1, 0.15) is 52.9 Å². The number of rotatable bonds is 6. The molecule has 5 nitrogen and oxygen atoms in total. The fraction of sp³-hybridized carbons (Fsp3) is 0.882. The van der Waals surface area contributed by atoms with Crippen LogP contribution in [-0.4, -0.2) is 48.4 Å². The quantitative estimate of drug-likeness (QED) is 0.782. The molecule has 0 saturated heterocycles. The van der Waals surface area contributed by atoms with Gasteiger partial charge >= 0.3 is 0 Å². The van der Waals surface area contributed by atoms with Gasteiger partial charge in [0.1, 0.15) is 0 Å². The smallest absolute Gasteiger partial charge is 0.237 e. The maximum atomic E-state index is 12.4. The Morgan fingerprint density at radius 3 is 2.45 bits per heavy atom. The number of amides is 2. The molecule has 2 rings (SSSR count). The Kier molecular flexibility index (Phi) is 5.84. The third kappa shape index (κ3) is 4.70. The van der Waals surface area contributed by atoms with Crippen molar-refractivity contribution in [2.75, 3.05) is 13.6 Å². The van der Waals surface area contributed by atoms with Crippen LogP contribution in [0.5, 0.6) is 0 Å². The molecule has 0 spiro atoms. The van der Waals surface area contributed by atoms with Gasteiger partial charge in [-0.25, -0.2) is 0 Å². The van der Waals surface area contributed by atoms with Crippen molar-refractivity contribution in [3.05, 3.63) is 0 Å². The van der Waals surface area contributed by atoms with Crippen LogP contribution in [0.4, 0.5) is 0 Å². The highest BCUT2D eigenvalue weighted by molar-refractivity contribution is 5.83. The van der Waals surface area contributed by atoms with E-state index in [1.54, 1.807) is 0 Å². The Morgan fingerprint density at radius 2 is 1.82 bits per heavy atom. The summed E-state index contributed by atoms with van der Waals surface area (Å²) in [6, 6.07) is 0.358. The van der Waals surface area contributed by atoms with Crippen molar-refractivity contribution in [1.29, 1.82) is 0 Å². The van der Waals surface area contributed by atoms with Gasteiger partial charge in [0.05, 0.1) is 12.6 Å². The van der Waals surface area contributed by atoms with Gasteiger partial charge in [-0.15, -0.1) is 0 Å². The van der Waals surface area contributed by atoms with E-state index in [9.17, 15) is 9.59 Å². The van der Waals surface area contributed by atoms with Gasteiger partial charge in [0, 0.05) is 12.1 Å². The van der Waals surface area contributed by atoms with Gasteiger partial charge in [-0.3, -0.25) is 14.5 Å². The minimum Gasteiger partial charge on any atom is -0.352 e. The molecule has 0 aliphatic heterocycles. The van der Waals surface area contributed by atoms with Crippen molar-refractivity contribution < 1.29 is 9.59 Å². The van der Waals surface area contributed by atoms with Crippen LogP contribution in [0.15, 0.2) is 0 Å². The van der Waals surface area contributed by atoms with Crippen LogP contribution >= 0.6 is 0 Å². The van der Waals surface area contributed by atoms with Crippen molar-refractivity contribution in [3.63, 3.8) is 0 Å². The van der Waals surface area contributed by atoms with E-state index in [4.69, 9.17) is 0 Å². The molecule has 2 aliphatic rings. The van der Waals surface area contributed by atoms with Gasteiger partial charge < -0.3 is 10.6 Å².